The molecule has 132 valence electrons. The molecule has 1 amide bonds. The molecule has 1 fully saturated rings. The van der Waals surface area contributed by atoms with Crippen molar-refractivity contribution in [3.05, 3.63) is 34.3 Å². The SMILES string of the molecule is CCCCOC(=O)[C@H]1CS[C@@H](CCC)N1C(=O)c1ccccc1Br. The van der Waals surface area contributed by atoms with Crippen LogP contribution in [0, 0.1) is 0 Å². The molecule has 2 rings (SSSR count). The Balaban J connectivity index is 2.20. The summed E-state index contributed by atoms with van der Waals surface area (Å²) in [5.41, 5.74) is 0.590. The summed E-state index contributed by atoms with van der Waals surface area (Å²) in [6.45, 7) is 4.57. The van der Waals surface area contributed by atoms with Crippen LogP contribution in [0.2, 0.25) is 0 Å². The van der Waals surface area contributed by atoms with Crippen LogP contribution >= 0.6 is 27.7 Å². The van der Waals surface area contributed by atoms with Crippen LogP contribution in [-0.4, -0.2) is 40.6 Å². The summed E-state index contributed by atoms with van der Waals surface area (Å²) < 4.78 is 6.13. The second-order valence-electron chi connectivity index (χ2n) is 5.81. The van der Waals surface area contributed by atoms with Gasteiger partial charge in [0.25, 0.3) is 5.91 Å². The molecule has 0 radical (unpaired) electrons. The molecule has 0 aromatic heterocycles. The van der Waals surface area contributed by atoms with E-state index >= 15 is 0 Å². The molecule has 1 aliphatic heterocycles. The number of ether oxygens (including phenoxy) is 1. The summed E-state index contributed by atoms with van der Waals surface area (Å²) in [4.78, 5) is 27.3. The normalized spacial score (nSPS) is 20.2. The van der Waals surface area contributed by atoms with E-state index in [1.165, 1.54) is 0 Å². The Kier molecular flexibility index (Phi) is 7.62. The highest BCUT2D eigenvalue weighted by molar-refractivity contribution is 9.10. The fraction of sp³-hybridized carbons (Fsp3) is 0.556. The Bertz CT molecular complexity index is 581. The molecule has 1 aliphatic rings. The van der Waals surface area contributed by atoms with Crippen molar-refractivity contribution in [2.45, 2.75) is 50.9 Å². The smallest absolute Gasteiger partial charge is 0.329 e. The third-order valence-corrected chi connectivity index (χ3v) is 6.03. The zero-order valence-corrected chi connectivity index (χ0v) is 16.6. The average molecular weight is 414 g/mol. The van der Waals surface area contributed by atoms with E-state index in [0.29, 0.717) is 17.9 Å². The number of esters is 1. The van der Waals surface area contributed by atoms with E-state index in [-0.39, 0.29) is 17.3 Å². The standard InChI is InChI=1S/C18H24BrNO3S/c1-3-5-11-23-18(22)15-12-24-16(8-4-2)20(15)17(21)13-9-6-7-10-14(13)19/h6-7,9-10,15-16H,3-5,8,11-12H2,1-2H3/t15-,16+/m1/s1. The Labute approximate surface area is 156 Å². The van der Waals surface area contributed by atoms with Gasteiger partial charge in [0.05, 0.1) is 17.5 Å². The second-order valence-corrected chi connectivity index (χ2v) is 7.87. The summed E-state index contributed by atoms with van der Waals surface area (Å²) in [5, 5.41) is 0.0262. The zero-order chi connectivity index (χ0) is 17.5. The number of benzene rings is 1. The number of carbonyl (C=O) groups is 2. The third-order valence-electron chi connectivity index (χ3n) is 3.98. The molecule has 4 nitrogen and oxygen atoms in total. The van der Waals surface area contributed by atoms with Crippen molar-refractivity contribution in [3.8, 4) is 0 Å². The molecule has 0 bridgehead atoms. The Hall–Kier alpha value is -1.01. The summed E-state index contributed by atoms with van der Waals surface area (Å²) in [6.07, 6.45) is 3.67. The number of carbonyl (C=O) groups excluding carboxylic acids is 2. The quantitative estimate of drug-likeness (QED) is 0.488. The first kappa shape index (κ1) is 19.3. The summed E-state index contributed by atoms with van der Waals surface area (Å²) in [7, 11) is 0. The number of unbranched alkanes of at least 4 members (excludes halogenated alkanes) is 1. The van der Waals surface area contributed by atoms with Crippen molar-refractivity contribution >= 4 is 39.6 Å². The minimum atomic E-state index is -0.497. The summed E-state index contributed by atoms with van der Waals surface area (Å²) in [6, 6.07) is 6.85. The Morgan fingerprint density at radius 1 is 1.29 bits per heavy atom. The molecule has 0 aliphatic carbocycles. The predicted octanol–water partition coefficient (Wildman–Crippen LogP) is 4.48. The van der Waals surface area contributed by atoms with E-state index in [1.54, 1.807) is 22.7 Å². The molecule has 1 saturated heterocycles. The number of nitrogens with zero attached hydrogens (tertiary/aromatic N) is 1. The highest BCUT2D eigenvalue weighted by atomic mass is 79.9. The van der Waals surface area contributed by atoms with Crippen LogP contribution in [0.25, 0.3) is 0 Å². The van der Waals surface area contributed by atoms with Gasteiger partial charge in [-0.25, -0.2) is 4.79 Å². The maximum atomic E-state index is 13.1. The minimum absolute atomic E-state index is 0.0262. The van der Waals surface area contributed by atoms with Gasteiger partial charge in [0, 0.05) is 10.2 Å². The van der Waals surface area contributed by atoms with E-state index in [2.05, 4.69) is 29.8 Å². The predicted molar refractivity (Wildman–Crippen MR) is 101 cm³/mol. The van der Waals surface area contributed by atoms with Crippen molar-refractivity contribution in [3.63, 3.8) is 0 Å². The molecular formula is C18H24BrNO3S. The van der Waals surface area contributed by atoms with Gasteiger partial charge in [-0.2, -0.15) is 0 Å². The second kappa shape index (κ2) is 9.47. The van der Waals surface area contributed by atoms with Crippen molar-refractivity contribution < 1.29 is 14.3 Å². The van der Waals surface area contributed by atoms with Gasteiger partial charge in [-0.15, -0.1) is 11.8 Å². The van der Waals surface area contributed by atoms with Crippen LogP contribution in [0.4, 0.5) is 0 Å². The van der Waals surface area contributed by atoms with Crippen molar-refractivity contribution in [2.75, 3.05) is 12.4 Å². The van der Waals surface area contributed by atoms with Gasteiger partial charge in [-0.3, -0.25) is 4.79 Å². The number of hydrogen-bond donors (Lipinski definition) is 0. The molecule has 1 aromatic carbocycles. The molecule has 1 aromatic rings. The largest absolute Gasteiger partial charge is 0.464 e. The molecule has 0 spiro atoms. The van der Waals surface area contributed by atoms with Gasteiger partial charge < -0.3 is 9.64 Å². The lowest BCUT2D eigenvalue weighted by molar-refractivity contribution is -0.148. The van der Waals surface area contributed by atoms with Gasteiger partial charge in [-0.05, 0) is 40.9 Å². The third kappa shape index (κ3) is 4.54. The van der Waals surface area contributed by atoms with Crippen LogP contribution in [0.3, 0.4) is 0 Å². The first-order chi connectivity index (χ1) is 11.6. The molecule has 0 unspecified atom stereocenters. The molecular weight excluding hydrogens is 390 g/mol. The maximum Gasteiger partial charge on any atom is 0.329 e. The lowest BCUT2D eigenvalue weighted by Gasteiger charge is -2.28. The topological polar surface area (TPSA) is 46.6 Å². The van der Waals surface area contributed by atoms with Gasteiger partial charge in [0.15, 0.2) is 0 Å². The molecule has 2 atom stereocenters. The fourth-order valence-electron chi connectivity index (χ4n) is 2.67. The van der Waals surface area contributed by atoms with Gasteiger partial charge in [0.2, 0.25) is 0 Å². The number of halogens is 1. The Morgan fingerprint density at radius 3 is 2.71 bits per heavy atom. The first-order valence-electron chi connectivity index (χ1n) is 8.45. The van der Waals surface area contributed by atoms with E-state index in [0.717, 1.165) is 30.2 Å². The van der Waals surface area contributed by atoms with Crippen LogP contribution in [0.15, 0.2) is 28.7 Å². The maximum absolute atomic E-state index is 13.1. The fourth-order valence-corrected chi connectivity index (χ4v) is 4.63. The number of thioether (sulfide) groups is 1. The first-order valence-corrected chi connectivity index (χ1v) is 10.3. The molecule has 0 N–H and O–H groups in total. The summed E-state index contributed by atoms with van der Waals surface area (Å²) >= 11 is 5.11. The van der Waals surface area contributed by atoms with Crippen molar-refractivity contribution in [1.82, 2.24) is 4.90 Å². The lowest BCUT2D eigenvalue weighted by atomic mass is 10.1. The van der Waals surface area contributed by atoms with Crippen LogP contribution in [0.5, 0.6) is 0 Å². The van der Waals surface area contributed by atoms with Crippen LogP contribution < -0.4 is 0 Å². The van der Waals surface area contributed by atoms with Gasteiger partial charge in [0.1, 0.15) is 6.04 Å². The zero-order valence-electron chi connectivity index (χ0n) is 14.2. The molecule has 1 heterocycles. The van der Waals surface area contributed by atoms with Gasteiger partial charge in [-0.1, -0.05) is 38.8 Å². The van der Waals surface area contributed by atoms with Crippen LogP contribution in [-0.2, 0) is 9.53 Å². The minimum Gasteiger partial charge on any atom is -0.464 e. The van der Waals surface area contributed by atoms with Gasteiger partial charge >= 0.3 is 5.97 Å². The summed E-state index contributed by atoms with van der Waals surface area (Å²) in [5.74, 6) is 0.213. The van der Waals surface area contributed by atoms with Crippen molar-refractivity contribution in [1.29, 1.82) is 0 Å². The highest BCUT2D eigenvalue weighted by Gasteiger charge is 2.42. The molecule has 6 heteroatoms. The molecule has 24 heavy (non-hydrogen) atoms. The van der Waals surface area contributed by atoms with E-state index in [9.17, 15) is 9.59 Å². The van der Waals surface area contributed by atoms with Crippen LogP contribution in [0.1, 0.15) is 49.9 Å². The average Bonchev–Trinajstić information content (AvgIpc) is 2.99. The number of amides is 1. The highest BCUT2D eigenvalue weighted by Crippen LogP contribution is 2.35. The monoisotopic (exact) mass is 413 g/mol. The number of hydrogen-bond acceptors (Lipinski definition) is 4. The van der Waals surface area contributed by atoms with Crippen molar-refractivity contribution in [2.24, 2.45) is 0 Å². The Morgan fingerprint density at radius 2 is 2.04 bits per heavy atom. The number of rotatable bonds is 7. The van der Waals surface area contributed by atoms with E-state index in [1.807, 2.05) is 18.2 Å². The lowest BCUT2D eigenvalue weighted by Crippen LogP contribution is -2.46. The molecule has 0 saturated carbocycles. The van der Waals surface area contributed by atoms with E-state index in [4.69, 9.17) is 4.74 Å². The van der Waals surface area contributed by atoms with E-state index < -0.39 is 6.04 Å².